The maximum absolute atomic E-state index is 12.0. The Kier molecular flexibility index (Phi) is 4.84. The van der Waals surface area contributed by atoms with Crippen molar-refractivity contribution in [1.29, 1.82) is 0 Å². The Bertz CT molecular complexity index is 409. The van der Waals surface area contributed by atoms with Crippen molar-refractivity contribution in [2.75, 3.05) is 0 Å². The van der Waals surface area contributed by atoms with E-state index in [1.54, 1.807) is 26.2 Å². The molecule has 0 fully saturated rings. The molecule has 1 amide bonds. The van der Waals surface area contributed by atoms with Crippen molar-refractivity contribution in [1.82, 2.24) is 9.69 Å². The zero-order valence-corrected chi connectivity index (χ0v) is 11.8. The van der Waals surface area contributed by atoms with E-state index in [9.17, 15) is 9.59 Å². The number of hydrogen-bond acceptors (Lipinski definition) is 5. The van der Waals surface area contributed by atoms with Crippen molar-refractivity contribution in [3.8, 4) is 0 Å². The molecule has 6 heteroatoms. The summed E-state index contributed by atoms with van der Waals surface area (Å²) >= 11 is 1.21. The second kappa shape index (κ2) is 5.95. The van der Waals surface area contributed by atoms with Crippen molar-refractivity contribution in [2.45, 2.75) is 45.8 Å². The lowest BCUT2D eigenvalue weighted by Gasteiger charge is -2.22. The molecule has 1 rings (SSSR count). The maximum atomic E-state index is 12.0. The minimum Gasteiger partial charge on any atom is -0.444 e. The quantitative estimate of drug-likeness (QED) is 0.854. The number of hydrogen-bond donors (Lipinski definition) is 1. The molecule has 0 saturated carbocycles. The van der Waals surface area contributed by atoms with Gasteiger partial charge in [-0.25, -0.2) is 9.17 Å². The first-order valence-electron chi connectivity index (χ1n) is 5.76. The largest absolute Gasteiger partial charge is 0.444 e. The highest BCUT2D eigenvalue weighted by molar-refractivity contribution is 7.03. The summed E-state index contributed by atoms with van der Waals surface area (Å²) in [5.74, 6) is -0.142. The van der Waals surface area contributed by atoms with Crippen LogP contribution in [-0.2, 0) is 4.74 Å². The predicted octanol–water partition coefficient (Wildman–Crippen LogP) is 2.63. The normalized spacial score (nSPS) is 12.9. The standard InChI is InChI=1S/C12H18N2O3S/c1-5-9(10(15)8-6-13-18-7-8)14-11(16)17-12(2,3)4/h6-7,9H,5H2,1-4H3,(H,14,16)/t9-/m0/s1. The molecule has 0 radical (unpaired) electrons. The Hall–Kier alpha value is -1.43. The molecular weight excluding hydrogens is 252 g/mol. The molecule has 5 nitrogen and oxygen atoms in total. The second-order valence-electron chi connectivity index (χ2n) is 4.88. The van der Waals surface area contributed by atoms with Crippen molar-refractivity contribution in [2.24, 2.45) is 0 Å². The van der Waals surface area contributed by atoms with Gasteiger partial charge in [0.2, 0.25) is 0 Å². The zero-order valence-electron chi connectivity index (χ0n) is 11.0. The van der Waals surface area contributed by atoms with Crippen molar-refractivity contribution >= 4 is 23.4 Å². The summed E-state index contributed by atoms with van der Waals surface area (Å²) in [6.07, 6.45) is 1.44. The molecule has 0 spiro atoms. The molecule has 1 aromatic heterocycles. The molecule has 1 N–H and O–H groups in total. The van der Waals surface area contributed by atoms with Gasteiger partial charge in [0.15, 0.2) is 5.78 Å². The highest BCUT2D eigenvalue weighted by Gasteiger charge is 2.24. The summed E-state index contributed by atoms with van der Waals surface area (Å²) in [5, 5.41) is 4.25. The fourth-order valence-electron chi connectivity index (χ4n) is 1.33. The van der Waals surface area contributed by atoms with E-state index >= 15 is 0 Å². The van der Waals surface area contributed by atoms with E-state index in [4.69, 9.17) is 4.74 Å². The van der Waals surface area contributed by atoms with Gasteiger partial charge < -0.3 is 10.1 Å². The van der Waals surface area contributed by atoms with Crippen LogP contribution >= 0.6 is 11.5 Å². The number of alkyl carbamates (subject to hydrolysis) is 1. The number of nitrogens with one attached hydrogen (secondary N) is 1. The van der Waals surface area contributed by atoms with Gasteiger partial charge in [-0.15, -0.1) is 0 Å². The van der Waals surface area contributed by atoms with Crippen molar-refractivity contribution < 1.29 is 14.3 Å². The third kappa shape index (κ3) is 4.44. The molecule has 0 aliphatic rings. The molecule has 0 aliphatic carbocycles. The smallest absolute Gasteiger partial charge is 0.408 e. The van der Waals surface area contributed by atoms with E-state index in [-0.39, 0.29) is 5.78 Å². The van der Waals surface area contributed by atoms with Gasteiger partial charge in [0, 0.05) is 5.38 Å². The number of ketones is 1. The first-order valence-corrected chi connectivity index (χ1v) is 6.60. The number of aromatic nitrogens is 1. The molecular formula is C12H18N2O3S. The van der Waals surface area contributed by atoms with Crippen LogP contribution in [0.5, 0.6) is 0 Å². The van der Waals surface area contributed by atoms with Gasteiger partial charge in [-0.2, -0.15) is 0 Å². The molecule has 0 saturated heterocycles. The molecule has 100 valence electrons. The van der Waals surface area contributed by atoms with Crippen molar-refractivity contribution in [3.05, 3.63) is 17.1 Å². The molecule has 0 aliphatic heterocycles. The molecule has 1 atom stereocenters. The van der Waals surface area contributed by atoms with Crippen LogP contribution in [0.3, 0.4) is 0 Å². The SMILES string of the molecule is CC[C@H](NC(=O)OC(C)(C)C)C(=O)c1cnsc1. The van der Waals surface area contributed by atoms with Gasteiger partial charge in [0.25, 0.3) is 0 Å². The van der Waals surface area contributed by atoms with Gasteiger partial charge in [-0.1, -0.05) is 6.92 Å². The Morgan fingerprint density at radius 1 is 1.50 bits per heavy atom. The summed E-state index contributed by atoms with van der Waals surface area (Å²) in [7, 11) is 0. The lowest BCUT2D eigenvalue weighted by Crippen LogP contribution is -2.43. The highest BCUT2D eigenvalue weighted by atomic mass is 32.1. The van der Waals surface area contributed by atoms with Crippen LogP contribution in [0, 0.1) is 0 Å². The van der Waals surface area contributed by atoms with E-state index in [1.165, 1.54) is 17.7 Å². The Labute approximate surface area is 111 Å². The number of carbonyl (C=O) groups is 2. The average molecular weight is 270 g/mol. The lowest BCUT2D eigenvalue weighted by molar-refractivity contribution is 0.0490. The summed E-state index contributed by atoms with van der Waals surface area (Å²) < 4.78 is 9.00. The molecule has 18 heavy (non-hydrogen) atoms. The third-order valence-electron chi connectivity index (χ3n) is 2.13. The van der Waals surface area contributed by atoms with E-state index in [2.05, 4.69) is 9.69 Å². The Balaban J connectivity index is 2.63. The molecule has 1 aromatic rings. The monoisotopic (exact) mass is 270 g/mol. The first kappa shape index (κ1) is 14.6. The minimum absolute atomic E-state index is 0.142. The van der Waals surface area contributed by atoms with Crippen LogP contribution in [0.25, 0.3) is 0 Å². The summed E-state index contributed by atoms with van der Waals surface area (Å²) in [6, 6.07) is -0.573. The number of rotatable bonds is 4. The third-order valence-corrected chi connectivity index (χ3v) is 2.72. The molecule has 0 unspecified atom stereocenters. The van der Waals surface area contributed by atoms with Crippen molar-refractivity contribution in [3.63, 3.8) is 0 Å². The molecule has 0 bridgehead atoms. The van der Waals surface area contributed by atoms with E-state index < -0.39 is 17.7 Å². The van der Waals surface area contributed by atoms with E-state index in [0.29, 0.717) is 12.0 Å². The fraction of sp³-hybridized carbons (Fsp3) is 0.583. The zero-order chi connectivity index (χ0) is 13.8. The maximum Gasteiger partial charge on any atom is 0.408 e. The number of ether oxygens (including phenoxy) is 1. The van der Waals surface area contributed by atoms with Gasteiger partial charge >= 0.3 is 6.09 Å². The summed E-state index contributed by atoms with van der Waals surface area (Å²) in [4.78, 5) is 23.6. The fourth-order valence-corrected chi connectivity index (χ4v) is 1.86. The van der Waals surface area contributed by atoms with Gasteiger partial charge in [0.05, 0.1) is 17.8 Å². The Morgan fingerprint density at radius 3 is 2.61 bits per heavy atom. The summed E-state index contributed by atoms with van der Waals surface area (Å²) in [5.41, 5.74) is -0.0575. The van der Waals surface area contributed by atoms with Gasteiger partial charge in [0.1, 0.15) is 5.60 Å². The Morgan fingerprint density at radius 2 is 2.17 bits per heavy atom. The lowest BCUT2D eigenvalue weighted by atomic mass is 10.1. The number of amides is 1. The van der Waals surface area contributed by atoms with Crippen LogP contribution in [0.2, 0.25) is 0 Å². The number of carbonyl (C=O) groups excluding carboxylic acids is 2. The highest BCUT2D eigenvalue weighted by Crippen LogP contribution is 2.10. The van der Waals surface area contributed by atoms with Crippen LogP contribution in [0.4, 0.5) is 4.79 Å². The van der Waals surface area contributed by atoms with E-state index in [0.717, 1.165) is 0 Å². The predicted molar refractivity (Wildman–Crippen MR) is 69.9 cm³/mol. The number of nitrogens with zero attached hydrogens (tertiary/aromatic N) is 1. The van der Waals surface area contributed by atoms with Crippen LogP contribution in [0.1, 0.15) is 44.5 Å². The second-order valence-corrected chi connectivity index (χ2v) is 5.54. The van der Waals surface area contributed by atoms with Crippen LogP contribution in [-0.4, -0.2) is 27.9 Å². The van der Waals surface area contributed by atoms with Crippen LogP contribution < -0.4 is 5.32 Å². The first-order chi connectivity index (χ1) is 8.33. The molecule has 0 aromatic carbocycles. The topological polar surface area (TPSA) is 68.3 Å². The van der Waals surface area contributed by atoms with Gasteiger partial charge in [-0.05, 0) is 38.7 Å². The van der Waals surface area contributed by atoms with Crippen LogP contribution in [0.15, 0.2) is 11.6 Å². The number of Topliss-reactive ketones (excluding diaryl/α,β-unsaturated/α-hetero) is 1. The molecule has 1 heterocycles. The minimum atomic E-state index is -0.578. The van der Waals surface area contributed by atoms with Gasteiger partial charge in [-0.3, -0.25) is 4.79 Å². The van der Waals surface area contributed by atoms with E-state index in [1.807, 2.05) is 6.92 Å². The average Bonchev–Trinajstić information content (AvgIpc) is 2.75. The summed E-state index contributed by atoms with van der Waals surface area (Å²) in [6.45, 7) is 7.16.